The molecule has 0 aliphatic heterocycles. The van der Waals surface area contributed by atoms with Crippen molar-refractivity contribution in [3.8, 4) is 11.8 Å². The summed E-state index contributed by atoms with van der Waals surface area (Å²) in [5.41, 5.74) is 0. The summed E-state index contributed by atoms with van der Waals surface area (Å²) in [5.74, 6) is 0.405. The lowest BCUT2D eigenvalue weighted by molar-refractivity contribution is -0.133. The van der Waals surface area contributed by atoms with Crippen LogP contribution in [-0.2, 0) is 9.53 Å². The van der Waals surface area contributed by atoms with Gasteiger partial charge in [-0.15, -0.1) is 0 Å². The zero-order chi connectivity index (χ0) is 14.8. The molecule has 20 heavy (non-hydrogen) atoms. The van der Waals surface area contributed by atoms with Crippen LogP contribution in [0.2, 0.25) is 5.02 Å². The third-order valence-corrected chi connectivity index (χ3v) is 2.84. The number of hydrogen-bond acceptors (Lipinski definition) is 4. The molecule has 1 amide bonds. The van der Waals surface area contributed by atoms with Gasteiger partial charge in [-0.05, 0) is 24.3 Å². The van der Waals surface area contributed by atoms with E-state index in [1.54, 1.807) is 36.3 Å². The molecule has 0 saturated carbocycles. The van der Waals surface area contributed by atoms with Gasteiger partial charge in [-0.1, -0.05) is 11.6 Å². The molecule has 1 aromatic carbocycles. The Morgan fingerprint density at radius 2 is 2.05 bits per heavy atom. The van der Waals surface area contributed by atoms with E-state index in [1.165, 1.54) is 0 Å². The summed E-state index contributed by atoms with van der Waals surface area (Å²) in [7, 11) is 1.57. The molecule has 1 aromatic rings. The van der Waals surface area contributed by atoms with Gasteiger partial charge in [0.1, 0.15) is 5.75 Å². The fourth-order valence-corrected chi connectivity index (χ4v) is 1.64. The quantitative estimate of drug-likeness (QED) is 0.737. The van der Waals surface area contributed by atoms with Crippen molar-refractivity contribution < 1.29 is 14.3 Å². The number of nitriles is 1. The minimum absolute atomic E-state index is 0.0726. The van der Waals surface area contributed by atoms with Crippen LogP contribution in [0.4, 0.5) is 0 Å². The Bertz CT molecular complexity index is 456. The van der Waals surface area contributed by atoms with Gasteiger partial charge in [-0.25, -0.2) is 0 Å². The van der Waals surface area contributed by atoms with Gasteiger partial charge in [-0.2, -0.15) is 5.26 Å². The van der Waals surface area contributed by atoms with Crippen LogP contribution in [0, 0.1) is 11.3 Å². The van der Waals surface area contributed by atoms with Crippen LogP contribution in [0.5, 0.6) is 5.75 Å². The summed E-state index contributed by atoms with van der Waals surface area (Å²) in [4.78, 5) is 13.6. The van der Waals surface area contributed by atoms with Crippen molar-refractivity contribution in [3.63, 3.8) is 0 Å². The molecule has 0 N–H and O–H groups in total. The van der Waals surface area contributed by atoms with Gasteiger partial charge in [-0.3, -0.25) is 4.79 Å². The van der Waals surface area contributed by atoms with Crippen LogP contribution >= 0.6 is 11.6 Å². The first-order valence-corrected chi connectivity index (χ1v) is 6.57. The van der Waals surface area contributed by atoms with E-state index in [9.17, 15) is 4.79 Å². The molecule has 0 spiro atoms. The molecule has 6 heteroatoms. The second-order valence-electron chi connectivity index (χ2n) is 4.02. The number of hydrogen-bond donors (Lipinski definition) is 0. The molecule has 5 nitrogen and oxygen atoms in total. The fourth-order valence-electron chi connectivity index (χ4n) is 1.51. The topological polar surface area (TPSA) is 62.6 Å². The number of methoxy groups -OCH3 is 1. The Morgan fingerprint density at radius 3 is 2.65 bits per heavy atom. The van der Waals surface area contributed by atoms with E-state index in [-0.39, 0.29) is 18.9 Å². The van der Waals surface area contributed by atoms with Gasteiger partial charge in [0.25, 0.3) is 5.91 Å². The Balaban J connectivity index is 2.47. The van der Waals surface area contributed by atoms with E-state index in [0.717, 1.165) is 0 Å². The molecular weight excluding hydrogens is 280 g/mol. The number of carbonyl (C=O) groups is 1. The maximum absolute atomic E-state index is 12.0. The number of rotatable bonds is 8. The van der Waals surface area contributed by atoms with Crippen molar-refractivity contribution >= 4 is 17.5 Å². The molecule has 108 valence electrons. The van der Waals surface area contributed by atoms with Crippen LogP contribution in [0.25, 0.3) is 0 Å². The molecule has 1 rings (SSSR count). The second kappa shape index (κ2) is 9.18. The van der Waals surface area contributed by atoms with E-state index < -0.39 is 0 Å². The van der Waals surface area contributed by atoms with Gasteiger partial charge in [0.15, 0.2) is 6.61 Å². The number of amides is 1. The molecule has 0 saturated heterocycles. The average molecular weight is 297 g/mol. The van der Waals surface area contributed by atoms with E-state index in [2.05, 4.69) is 0 Å². The first-order chi connectivity index (χ1) is 9.67. The molecule has 0 aliphatic carbocycles. The zero-order valence-corrected chi connectivity index (χ0v) is 12.1. The van der Waals surface area contributed by atoms with Crippen LogP contribution in [-0.4, -0.2) is 44.2 Å². The third-order valence-electron chi connectivity index (χ3n) is 2.59. The molecule has 0 bridgehead atoms. The average Bonchev–Trinajstić information content (AvgIpc) is 2.46. The molecule has 0 aliphatic rings. The molecule has 0 aromatic heterocycles. The van der Waals surface area contributed by atoms with Crippen molar-refractivity contribution in [2.24, 2.45) is 0 Å². The van der Waals surface area contributed by atoms with Gasteiger partial charge >= 0.3 is 0 Å². The van der Waals surface area contributed by atoms with Crippen LogP contribution in [0.1, 0.15) is 6.42 Å². The van der Waals surface area contributed by atoms with Gasteiger partial charge in [0, 0.05) is 25.2 Å². The van der Waals surface area contributed by atoms with Crippen molar-refractivity contribution in [1.29, 1.82) is 5.26 Å². The highest BCUT2D eigenvalue weighted by Crippen LogP contribution is 2.15. The second-order valence-corrected chi connectivity index (χ2v) is 4.46. The van der Waals surface area contributed by atoms with Gasteiger partial charge in [0.05, 0.1) is 19.1 Å². The zero-order valence-electron chi connectivity index (χ0n) is 11.3. The van der Waals surface area contributed by atoms with Gasteiger partial charge < -0.3 is 14.4 Å². The molecule has 0 atom stereocenters. The molecule has 0 unspecified atom stereocenters. The summed E-state index contributed by atoms with van der Waals surface area (Å²) < 4.78 is 10.3. The Hall–Kier alpha value is -1.77. The normalized spacial score (nSPS) is 9.85. The van der Waals surface area contributed by atoms with E-state index >= 15 is 0 Å². The lowest BCUT2D eigenvalue weighted by atomic mass is 10.3. The van der Waals surface area contributed by atoms with E-state index in [4.69, 9.17) is 26.3 Å². The van der Waals surface area contributed by atoms with Crippen molar-refractivity contribution in [2.75, 3.05) is 33.4 Å². The van der Waals surface area contributed by atoms with E-state index in [1.807, 2.05) is 6.07 Å². The number of carbonyl (C=O) groups excluding carboxylic acids is 1. The van der Waals surface area contributed by atoms with Crippen LogP contribution in [0.3, 0.4) is 0 Å². The number of nitrogens with zero attached hydrogens (tertiary/aromatic N) is 2. The molecule has 0 radical (unpaired) electrons. The van der Waals surface area contributed by atoms with E-state index in [0.29, 0.717) is 30.5 Å². The minimum Gasteiger partial charge on any atom is -0.484 e. The first kappa shape index (κ1) is 16.3. The molecule has 0 fully saturated rings. The predicted molar refractivity (Wildman–Crippen MR) is 75.6 cm³/mol. The lowest BCUT2D eigenvalue weighted by Crippen LogP contribution is -2.37. The van der Waals surface area contributed by atoms with Crippen molar-refractivity contribution in [3.05, 3.63) is 29.3 Å². The van der Waals surface area contributed by atoms with Crippen LogP contribution < -0.4 is 4.74 Å². The number of halogens is 1. The highest BCUT2D eigenvalue weighted by atomic mass is 35.5. The van der Waals surface area contributed by atoms with Crippen molar-refractivity contribution in [1.82, 2.24) is 4.90 Å². The monoisotopic (exact) mass is 296 g/mol. The summed E-state index contributed by atoms with van der Waals surface area (Å²) in [5, 5.41) is 9.20. The van der Waals surface area contributed by atoms with Crippen molar-refractivity contribution in [2.45, 2.75) is 6.42 Å². The van der Waals surface area contributed by atoms with Gasteiger partial charge in [0.2, 0.25) is 0 Å². The Kier molecular flexibility index (Phi) is 7.48. The summed E-state index contributed by atoms with van der Waals surface area (Å²) in [6, 6.07) is 8.81. The Labute approximate surface area is 123 Å². The Morgan fingerprint density at radius 1 is 1.35 bits per heavy atom. The highest BCUT2D eigenvalue weighted by molar-refractivity contribution is 6.30. The third kappa shape index (κ3) is 5.91. The summed E-state index contributed by atoms with van der Waals surface area (Å²) >= 11 is 5.76. The maximum Gasteiger partial charge on any atom is 0.260 e. The largest absolute Gasteiger partial charge is 0.484 e. The number of benzene rings is 1. The maximum atomic E-state index is 12.0. The fraction of sp³-hybridized carbons (Fsp3) is 0.429. The summed E-state index contributed by atoms with van der Waals surface area (Å²) in [6.07, 6.45) is 0.288. The smallest absolute Gasteiger partial charge is 0.260 e. The predicted octanol–water partition coefficient (Wildman–Crippen LogP) is 2.11. The highest BCUT2D eigenvalue weighted by Gasteiger charge is 2.13. The number of ether oxygens (including phenoxy) is 2. The molecular formula is C14H17ClN2O3. The minimum atomic E-state index is -0.174. The standard InChI is InChI=1S/C14H17ClN2O3/c1-19-10-9-17(8-2-7-16)14(18)11-20-13-5-3-12(15)4-6-13/h3-6H,2,8-11H2,1H3. The first-order valence-electron chi connectivity index (χ1n) is 6.19. The SMILES string of the molecule is COCCN(CCC#N)C(=O)COc1ccc(Cl)cc1. The lowest BCUT2D eigenvalue weighted by Gasteiger charge is -2.21. The van der Waals surface area contributed by atoms with Crippen LogP contribution in [0.15, 0.2) is 24.3 Å². The summed E-state index contributed by atoms with van der Waals surface area (Å²) in [6.45, 7) is 1.18. The molecule has 0 heterocycles.